The van der Waals surface area contributed by atoms with E-state index in [0.717, 1.165) is 0 Å². The Morgan fingerprint density at radius 2 is 2.40 bits per heavy atom. The Morgan fingerprint density at radius 3 is 2.90 bits per heavy atom. The van der Waals surface area contributed by atoms with Gasteiger partial charge >= 0.3 is 6.61 Å². The molecule has 53 valence electrons. The Morgan fingerprint density at radius 1 is 1.60 bits per heavy atom. The van der Waals surface area contributed by atoms with Crippen LogP contribution in [-0.2, 0) is 0 Å². The van der Waals surface area contributed by atoms with Gasteiger partial charge in [0.1, 0.15) is 5.75 Å². The molecule has 0 N–H and O–H groups in total. The highest BCUT2D eigenvalue weighted by atomic mass is 19.3. The van der Waals surface area contributed by atoms with Crippen LogP contribution in [0.2, 0.25) is 0 Å². The Hall–Kier alpha value is -1.19. The molecule has 0 atom stereocenters. The van der Waals surface area contributed by atoms with Crippen molar-refractivity contribution in [2.45, 2.75) is 6.61 Å². The van der Waals surface area contributed by atoms with Crippen LogP contribution in [0.4, 0.5) is 8.78 Å². The molecule has 1 heterocycles. The Labute approximate surface area is 56.5 Å². The van der Waals surface area contributed by atoms with Gasteiger partial charge in [0, 0.05) is 12.3 Å². The minimum Gasteiger partial charge on any atom is -0.435 e. The summed E-state index contributed by atoms with van der Waals surface area (Å²) in [5.74, 6) is 0.0741. The summed E-state index contributed by atoms with van der Waals surface area (Å²) in [7, 11) is 0. The molecule has 0 saturated carbocycles. The van der Waals surface area contributed by atoms with Crippen LogP contribution in [-0.4, -0.2) is 11.6 Å². The van der Waals surface area contributed by atoms with Crippen LogP contribution in [0.3, 0.4) is 0 Å². The summed E-state index contributed by atoms with van der Waals surface area (Å²) < 4.78 is 26.9. The van der Waals surface area contributed by atoms with Crippen molar-refractivity contribution < 1.29 is 13.5 Å². The van der Waals surface area contributed by atoms with E-state index in [0.29, 0.717) is 0 Å². The van der Waals surface area contributed by atoms with E-state index in [2.05, 4.69) is 15.9 Å². The zero-order valence-electron chi connectivity index (χ0n) is 4.92. The van der Waals surface area contributed by atoms with Crippen LogP contribution >= 0.6 is 0 Å². The lowest BCUT2D eigenvalue weighted by molar-refractivity contribution is -0.0499. The first kappa shape index (κ1) is 6.92. The molecule has 0 saturated heterocycles. The van der Waals surface area contributed by atoms with Gasteiger partial charge in [0.15, 0.2) is 0 Å². The summed E-state index contributed by atoms with van der Waals surface area (Å²) in [4.78, 5) is 3.50. The molecule has 0 aliphatic heterocycles. The summed E-state index contributed by atoms with van der Waals surface area (Å²) in [5.41, 5.74) is 0. The molecule has 0 aliphatic carbocycles. The van der Waals surface area contributed by atoms with Crippen LogP contribution in [0.15, 0.2) is 18.3 Å². The van der Waals surface area contributed by atoms with E-state index >= 15 is 0 Å². The molecule has 2 nitrogen and oxygen atoms in total. The maximum Gasteiger partial charge on any atom is 0.387 e. The molecule has 0 fully saturated rings. The van der Waals surface area contributed by atoms with Crippen molar-refractivity contribution in [1.29, 1.82) is 0 Å². The average molecular weight is 144 g/mol. The number of halogens is 2. The van der Waals surface area contributed by atoms with Gasteiger partial charge in [0.05, 0.1) is 6.20 Å². The normalized spacial score (nSPS) is 9.90. The fourth-order valence-corrected chi connectivity index (χ4v) is 0.479. The molecule has 1 aromatic heterocycles. The van der Waals surface area contributed by atoms with E-state index in [-0.39, 0.29) is 5.75 Å². The van der Waals surface area contributed by atoms with Gasteiger partial charge in [-0.15, -0.1) is 0 Å². The quantitative estimate of drug-likeness (QED) is 0.627. The topological polar surface area (TPSA) is 22.1 Å². The van der Waals surface area contributed by atoms with Crippen molar-refractivity contribution in [3.8, 4) is 5.75 Å². The molecule has 4 heteroatoms. The zero-order valence-corrected chi connectivity index (χ0v) is 4.92. The third kappa shape index (κ3) is 1.97. The van der Waals surface area contributed by atoms with Gasteiger partial charge in [0.25, 0.3) is 0 Å². The molecule has 0 bridgehead atoms. The van der Waals surface area contributed by atoms with E-state index in [4.69, 9.17) is 0 Å². The van der Waals surface area contributed by atoms with Crippen LogP contribution in [0.5, 0.6) is 5.75 Å². The molecular weight excluding hydrogens is 140 g/mol. The van der Waals surface area contributed by atoms with Crippen molar-refractivity contribution in [2.24, 2.45) is 0 Å². The molecule has 0 spiro atoms. The number of alkyl halides is 2. The van der Waals surface area contributed by atoms with E-state index in [9.17, 15) is 8.78 Å². The molecular formula is C6H4F2NO. The van der Waals surface area contributed by atoms with E-state index < -0.39 is 6.61 Å². The summed E-state index contributed by atoms with van der Waals surface area (Å²) >= 11 is 0. The van der Waals surface area contributed by atoms with Crippen molar-refractivity contribution in [3.63, 3.8) is 0 Å². The predicted molar refractivity (Wildman–Crippen MR) is 29.7 cm³/mol. The minimum atomic E-state index is -2.78. The van der Waals surface area contributed by atoms with Crippen molar-refractivity contribution in [3.05, 3.63) is 24.5 Å². The number of aromatic nitrogens is 1. The summed E-state index contributed by atoms with van der Waals surface area (Å²) in [6, 6.07) is 2.58. The highest BCUT2D eigenvalue weighted by molar-refractivity contribution is 5.15. The Balaban J connectivity index is 2.59. The predicted octanol–water partition coefficient (Wildman–Crippen LogP) is 1.48. The molecule has 1 aromatic rings. The number of nitrogens with zero attached hydrogens (tertiary/aromatic N) is 1. The third-order valence-corrected chi connectivity index (χ3v) is 0.820. The van der Waals surface area contributed by atoms with Gasteiger partial charge in [-0.1, -0.05) is 0 Å². The standard InChI is InChI=1S/C6H4F2NO/c7-6(8)10-5-1-3-9-4-2-5/h1-3,6H. The SMILES string of the molecule is FC(F)Oc1c[c]ncc1. The molecule has 0 aliphatic rings. The van der Waals surface area contributed by atoms with Gasteiger partial charge in [-0.25, -0.2) is 0 Å². The second-order valence-corrected chi connectivity index (χ2v) is 1.50. The number of hydrogen-bond donors (Lipinski definition) is 0. The first-order valence-electron chi connectivity index (χ1n) is 2.56. The third-order valence-electron chi connectivity index (χ3n) is 0.820. The molecule has 0 aromatic carbocycles. The van der Waals surface area contributed by atoms with Crippen molar-refractivity contribution in [2.75, 3.05) is 0 Å². The fraction of sp³-hybridized carbons (Fsp3) is 0.167. The number of hydrogen-bond acceptors (Lipinski definition) is 2. The molecule has 0 unspecified atom stereocenters. The van der Waals surface area contributed by atoms with Gasteiger partial charge in [-0.05, 0) is 6.07 Å². The van der Waals surface area contributed by atoms with Crippen LogP contribution in [0.25, 0.3) is 0 Å². The summed E-state index contributed by atoms with van der Waals surface area (Å²) in [6.45, 7) is -2.78. The lowest BCUT2D eigenvalue weighted by atomic mass is 10.5. The van der Waals surface area contributed by atoms with Crippen LogP contribution in [0.1, 0.15) is 0 Å². The summed E-state index contributed by atoms with van der Waals surface area (Å²) in [5, 5.41) is 0. The lowest BCUT2D eigenvalue weighted by Gasteiger charge is -2.00. The molecule has 1 radical (unpaired) electrons. The van der Waals surface area contributed by atoms with E-state index in [1.165, 1.54) is 18.3 Å². The first-order valence-corrected chi connectivity index (χ1v) is 2.56. The van der Waals surface area contributed by atoms with E-state index in [1.807, 2.05) is 0 Å². The second kappa shape index (κ2) is 3.10. The minimum absolute atomic E-state index is 0.0741. The number of rotatable bonds is 2. The number of pyridine rings is 1. The van der Waals surface area contributed by atoms with Crippen LogP contribution in [0, 0.1) is 6.20 Å². The molecule has 0 amide bonds. The van der Waals surface area contributed by atoms with Gasteiger partial charge in [-0.2, -0.15) is 8.78 Å². The smallest absolute Gasteiger partial charge is 0.387 e. The average Bonchev–Trinajstić information content (AvgIpc) is 1.88. The van der Waals surface area contributed by atoms with Gasteiger partial charge in [0.2, 0.25) is 0 Å². The maximum atomic E-state index is 11.5. The first-order chi connectivity index (χ1) is 4.79. The lowest BCUT2D eigenvalue weighted by Crippen LogP contribution is -2.01. The van der Waals surface area contributed by atoms with Crippen molar-refractivity contribution in [1.82, 2.24) is 4.98 Å². The Bertz CT molecular complexity index is 190. The largest absolute Gasteiger partial charge is 0.435 e. The zero-order chi connectivity index (χ0) is 7.40. The Kier molecular flexibility index (Phi) is 2.15. The molecule has 10 heavy (non-hydrogen) atoms. The second-order valence-electron chi connectivity index (χ2n) is 1.50. The molecule has 1 rings (SSSR count). The summed E-state index contributed by atoms with van der Waals surface area (Å²) in [6.07, 6.45) is 3.69. The van der Waals surface area contributed by atoms with Gasteiger partial charge in [-0.3, -0.25) is 4.98 Å². The monoisotopic (exact) mass is 144 g/mol. The van der Waals surface area contributed by atoms with Crippen LogP contribution < -0.4 is 4.74 Å². The maximum absolute atomic E-state index is 11.5. The van der Waals surface area contributed by atoms with Crippen molar-refractivity contribution >= 4 is 0 Å². The van der Waals surface area contributed by atoms with E-state index in [1.54, 1.807) is 0 Å². The highest BCUT2D eigenvalue weighted by Crippen LogP contribution is 2.09. The fourth-order valence-electron chi connectivity index (χ4n) is 0.479. The van der Waals surface area contributed by atoms with Gasteiger partial charge < -0.3 is 4.74 Å². The number of ether oxygens (including phenoxy) is 1. The highest BCUT2D eigenvalue weighted by Gasteiger charge is 2.01.